The minimum absolute atomic E-state index is 0.422. The Morgan fingerprint density at radius 2 is 1.73 bits per heavy atom. The predicted octanol–water partition coefficient (Wildman–Crippen LogP) is 1.26. The van der Waals surface area contributed by atoms with Crippen molar-refractivity contribution in [1.29, 1.82) is 0 Å². The van der Waals surface area contributed by atoms with Gasteiger partial charge in [-0.2, -0.15) is 0 Å². The Morgan fingerprint density at radius 1 is 1.36 bits per heavy atom. The molecule has 0 aromatic heterocycles. The van der Waals surface area contributed by atoms with Crippen molar-refractivity contribution in [3.05, 3.63) is 0 Å². The van der Waals surface area contributed by atoms with Crippen LogP contribution in [-0.2, 0) is 4.79 Å². The van der Waals surface area contributed by atoms with E-state index < -0.39 is 17.0 Å². The summed E-state index contributed by atoms with van der Waals surface area (Å²) in [5.74, 6) is -0.951. The Bertz CT molecular complexity index is 157. The molecule has 0 rings (SSSR count). The van der Waals surface area contributed by atoms with Gasteiger partial charge in [-0.15, -0.1) is 0 Å². The van der Waals surface area contributed by atoms with Crippen LogP contribution in [0.2, 0.25) is 0 Å². The molecule has 66 valence electrons. The summed E-state index contributed by atoms with van der Waals surface area (Å²) in [6, 6.07) is 0. The molecule has 0 bridgehead atoms. The molecule has 0 aromatic carbocycles. The molecule has 3 heteroatoms. The molecule has 0 heterocycles. The van der Waals surface area contributed by atoms with Crippen LogP contribution in [0.25, 0.3) is 0 Å². The molecule has 0 fully saturated rings. The first-order valence-electron chi connectivity index (χ1n) is 3.71. The first-order chi connectivity index (χ1) is 4.75. The van der Waals surface area contributed by atoms with Gasteiger partial charge < -0.3 is 10.2 Å². The van der Waals surface area contributed by atoms with E-state index in [1.54, 1.807) is 13.8 Å². The molecule has 0 aromatic rings. The monoisotopic (exact) mass is 160 g/mol. The number of rotatable bonds is 3. The van der Waals surface area contributed by atoms with Gasteiger partial charge in [0.25, 0.3) is 0 Å². The molecule has 2 N–H and O–H groups in total. The summed E-state index contributed by atoms with van der Waals surface area (Å²) in [4.78, 5) is 10.7. The molecule has 3 nitrogen and oxygen atoms in total. The maximum atomic E-state index is 10.7. The van der Waals surface area contributed by atoms with Gasteiger partial charge in [0.2, 0.25) is 0 Å². The summed E-state index contributed by atoms with van der Waals surface area (Å²) in [6.07, 6.45) is 0.422. The molecule has 0 amide bonds. The highest BCUT2D eigenvalue weighted by molar-refractivity contribution is 5.75. The fourth-order valence-corrected chi connectivity index (χ4v) is 0.846. The maximum Gasteiger partial charge on any atom is 0.312 e. The fourth-order valence-electron chi connectivity index (χ4n) is 0.846. The van der Waals surface area contributed by atoms with Crippen LogP contribution < -0.4 is 0 Å². The number of carboxylic acids is 1. The summed E-state index contributed by atoms with van der Waals surface area (Å²) in [6.45, 7) is 6.34. The molecule has 0 aliphatic rings. The zero-order chi connectivity index (χ0) is 9.28. The van der Waals surface area contributed by atoms with Crippen molar-refractivity contribution in [2.24, 2.45) is 5.41 Å². The molecule has 0 saturated heterocycles. The van der Waals surface area contributed by atoms with E-state index in [9.17, 15) is 9.90 Å². The number of aliphatic hydroxyl groups is 1. The zero-order valence-corrected chi connectivity index (χ0v) is 7.51. The first kappa shape index (κ1) is 10.4. The Kier molecular flexibility index (Phi) is 2.67. The van der Waals surface area contributed by atoms with E-state index in [-0.39, 0.29) is 0 Å². The molecular formula is C8H16O3. The second-order valence-corrected chi connectivity index (χ2v) is 3.55. The third-order valence-corrected chi connectivity index (χ3v) is 2.53. The summed E-state index contributed by atoms with van der Waals surface area (Å²) in [5.41, 5.74) is -2.22. The molecule has 0 saturated carbocycles. The number of hydrogen-bond donors (Lipinski definition) is 2. The van der Waals surface area contributed by atoms with Crippen molar-refractivity contribution in [2.45, 2.75) is 39.7 Å². The largest absolute Gasteiger partial charge is 0.481 e. The van der Waals surface area contributed by atoms with E-state index in [1.807, 2.05) is 0 Å². The smallest absolute Gasteiger partial charge is 0.312 e. The quantitative estimate of drug-likeness (QED) is 0.653. The zero-order valence-electron chi connectivity index (χ0n) is 7.51. The van der Waals surface area contributed by atoms with Crippen LogP contribution in [0.3, 0.4) is 0 Å². The van der Waals surface area contributed by atoms with E-state index in [0.29, 0.717) is 6.42 Å². The molecule has 0 aliphatic carbocycles. The van der Waals surface area contributed by atoms with Crippen LogP contribution in [-0.4, -0.2) is 21.8 Å². The lowest BCUT2D eigenvalue weighted by Gasteiger charge is -2.35. The van der Waals surface area contributed by atoms with Crippen molar-refractivity contribution < 1.29 is 15.0 Å². The predicted molar refractivity (Wildman–Crippen MR) is 42.3 cm³/mol. The van der Waals surface area contributed by atoms with Crippen molar-refractivity contribution in [3.63, 3.8) is 0 Å². The van der Waals surface area contributed by atoms with E-state index in [1.165, 1.54) is 13.8 Å². The van der Waals surface area contributed by atoms with Gasteiger partial charge in [0, 0.05) is 0 Å². The van der Waals surface area contributed by atoms with Crippen molar-refractivity contribution >= 4 is 5.97 Å². The number of carboxylic acid groups (broad SMARTS) is 1. The van der Waals surface area contributed by atoms with Crippen molar-refractivity contribution in [1.82, 2.24) is 0 Å². The lowest BCUT2D eigenvalue weighted by atomic mass is 9.73. The van der Waals surface area contributed by atoms with Gasteiger partial charge >= 0.3 is 5.97 Å². The average molecular weight is 160 g/mol. The van der Waals surface area contributed by atoms with Crippen LogP contribution in [0.15, 0.2) is 0 Å². The maximum absolute atomic E-state index is 10.7. The number of aliphatic carboxylic acids is 1. The van der Waals surface area contributed by atoms with Crippen LogP contribution >= 0.6 is 0 Å². The minimum Gasteiger partial charge on any atom is -0.481 e. The summed E-state index contributed by atoms with van der Waals surface area (Å²) < 4.78 is 0. The number of hydrogen-bond acceptors (Lipinski definition) is 2. The Balaban J connectivity index is 4.75. The minimum atomic E-state index is -1.17. The van der Waals surface area contributed by atoms with Gasteiger partial charge in [-0.25, -0.2) is 0 Å². The number of carbonyl (C=O) groups is 1. The van der Waals surface area contributed by atoms with Crippen LogP contribution in [0.5, 0.6) is 0 Å². The second kappa shape index (κ2) is 2.81. The molecule has 0 radical (unpaired) electrons. The van der Waals surface area contributed by atoms with Crippen LogP contribution in [0.4, 0.5) is 0 Å². The van der Waals surface area contributed by atoms with Crippen molar-refractivity contribution in [2.75, 3.05) is 0 Å². The molecular weight excluding hydrogens is 144 g/mol. The third kappa shape index (κ3) is 1.71. The molecule has 1 unspecified atom stereocenters. The summed E-state index contributed by atoms with van der Waals surface area (Å²) >= 11 is 0. The topological polar surface area (TPSA) is 57.5 Å². The SMILES string of the molecule is CCC(C)(C(=O)O)C(C)(C)O. The lowest BCUT2D eigenvalue weighted by molar-refractivity contribution is -0.163. The lowest BCUT2D eigenvalue weighted by Crippen LogP contribution is -2.46. The Labute approximate surface area is 67.0 Å². The van der Waals surface area contributed by atoms with E-state index in [2.05, 4.69) is 0 Å². The third-order valence-electron chi connectivity index (χ3n) is 2.53. The van der Waals surface area contributed by atoms with Crippen LogP contribution in [0, 0.1) is 5.41 Å². The van der Waals surface area contributed by atoms with Crippen LogP contribution in [0.1, 0.15) is 34.1 Å². The molecule has 11 heavy (non-hydrogen) atoms. The standard InChI is InChI=1S/C8H16O3/c1-5-8(4,6(9)10)7(2,3)11/h11H,5H2,1-4H3,(H,9,10). The summed E-state index contributed by atoms with van der Waals surface area (Å²) in [5, 5.41) is 18.3. The van der Waals surface area contributed by atoms with Gasteiger partial charge in [-0.3, -0.25) is 4.79 Å². The van der Waals surface area contributed by atoms with Gasteiger partial charge in [-0.05, 0) is 27.2 Å². The van der Waals surface area contributed by atoms with Gasteiger partial charge in [0.1, 0.15) is 0 Å². The van der Waals surface area contributed by atoms with Gasteiger partial charge in [0.05, 0.1) is 11.0 Å². The normalized spacial score (nSPS) is 17.5. The highest BCUT2D eigenvalue weighted by atomic mass is 16.4. The highest BCUT2D eigenvalue weighted by Gasteiger charge is 2.44. The van der Waals surface area contributed by atoms with Gasteiger partial charge in [0.15, 0.2) is 0 Å². The summed E-state index contributed by atoms with van der Waals surface area (Å²) in [7, 11) is 0. The Morgan fingerprint density at radius 3 is 1.73 bits per heavy atom. The first-order valence-corrected chi connectivity index (χ1v) is 3.71. The Hall–Kier alpha value is -0.570. The second-order valence-electron chi connectivity index (χ2n) is 3.55. The molecule has 0 aliphatic heterocycles. The van der Waals surface area contributed by atoms with E-state index in [0.717, 1.165) is 0 Å². The fraction of sp³-hybridized carbons (Fsp3) is 0.875. The molecule has 1 atom stereocenters. The molecule has 0 spiro atoms. The average Bonchev–Trinajstić information content (AvgIpc) is 1.83. The van der Waals surface area contributed by atoms with Crippen molar-refractivity contribution in [3.8, 4) is 0 Å². The van der Waals surface area contributed by atoms with E-state index in [4.69, 9.17) is 5.11 Å². The van der Waals surface area contributed by atoms with Gasteiger partial charge in [-0.1, -0.05) is 6.92 Å². The van der Waals surface area contributed by atoms with E-state index >= 15 is 0 Å². The highest BCUT2D eigenvalue weighted by Crippen LogP contribution is 2.34.